The van der Waals surface area contributed by atoms with Gasteiger partial charge in [-0.15, -0.1) is 0 Å². The molecule has 2 rings (SSSR count). The highest BCUT2D eigenvalue weighted by Crippen LogP contribution is 2.21. The molecule has 1 N–H and O–H groups in total. The van der Waals surface area contributed by atoms with Gasteiger partial charge in [0, 0.05) is 12.1 Å². The summed E-state index contributed by atoms with van der Waals surface area (Å²) >= 11 is 0. The molecule has 1 atom stereocenters. The molecule has 0 aliphatic rings. The van der Waals surface area contributed by atoms with Gasteiger partial charge in [-0.3, -0.25) is 0 Å². The summed E-state index contributed by atoms with van der Waals surface area (Å²) in [5, 5.41) is 0. The second-order valence-electron chi connectivity index (χ2n) is 4.69. The Labute approximate surface area is 127 Å². The Morgan fingerprint density at radius 1 is 1.09 bits per heavy atom. The fraction of sp³-hybridized carbons (Fsp3) is 0.200. The first kappa shape index (κ1) is 16.4. The molecular formula is C15H15F2NO3S. The van der Waals surface area contributed by atoms with Gasteiger partial charge in [0.05, 0.1) is 7.11 Å². The van der Waals surface area contributed by atoms with Gasteiger partial charge in [0.2, 0.25) is 10.0 Å². The second kappa shape index (κ2) is 6.41. The van der Waals surface area contributed by atoms with Crippen LogP contribution in [0.2, 0.25) is 0 Å². The van der Waals surface area contributed by atoms with Crippen LogP contribution >= 0.6 is 0 Å². The molecule has 0 saturated carbocycles. The predicted octanol–water partition coefficient (Wildman–Crippen LogP) is 3.01. The summed E-state index contributed by atoms with van der Waals surface area (Å²) in [7, 11) is -2.57. The third kappa shape index (κ3) is 3.61. The Balaban J connectivity index is 2.23. The van der Waals surface area contributed by atoms with Crippen molar-refractivity contribution >= 4 is 10.0 Å². The van der Waals surface area contributed by atoms with E-state index in [1.165, 1.54) is 7.11 Å². The maximum Gasteiger partial charge on any atom is 0.244 e. The van der Waals surface area contributed by atoms with Crippen LogP contribution in [0, 0.1) is 11.6 Å². The van der Waals surface area contributed by atoms with Crippen molar-refractivity contribution in [3.05, 3.63) is 59.7 Å². The van der Waals surface area contributed by atoms with Crippen molar-refractivity contribution in [3.63, 3.8) is 0 Å². The standard InChI is InChI=1S/C15H15F2NO3S/c1-10(11-3-6-13(21-2)7-4-11)18-22(19,20)15-8-5-12(16)9-14(15)17/h3-10,18H,1-2H3. The molecule has 118 valence electrons. The van der Waals surface area contributed by atoms with Crippen LogP contribution in [0.4, 0.5) is 8.78 Å². The van der Waals surface area contributed by atoms with Crippen LogP contribution in [0.5, 0.6) is 5.75 Å². The van der Waals surface area contributed by atoms with E-state index in [0.29, 0.717) is 17.4 Å². The lowest BCUT2D eigenvalue weighted by atomic mass is 10.1. The van der Waals surface area contributed by atoms with Crippen LogP contribution in [0.3, 0.4) is 0 Å². The van der Waals surface area contributed by atoms with E-state index >= 15 is 0 Å². The van der Waals surface area contributed by atoms with Crippen LogP contribution in [-0.2, 0) is 10.0 Å². The summed E-state index contributed by atoms with van der Waals surface area (Å²) in [6.45, 7) is 1.63. The largest absolute Gasteiger partial charge is 0.497 e. The summed E-state index contributed by atoms with van der Waals surface area (Å²) < 4.78 is 58.2. The SMILES string of the molecule is COc1ccc(C(C)NS(=O)(=O)c2ccc(F)cc2F)cc1. The molecule has 1 unspecified atom stereocenters. The number of nitrogens with one attached hydrogen (secondary N) is 1. The molecule has 22 heavy (non-hydrogen) atoms. The molecule has 0 aliphatic heterocycles. The van der Waals surface area contributed by atoms with Gasteiger partial charge in [0.1, 0.15) is 22.3 Å². The lowest BCUT2D eigenvalue weighted by molar-refractivity contribution is 0.414. The first-order valence-corrected chi connectivity index (χ1v) is 7.93. The smallest absolute Gasteiger partial charge is 0.244 e. The van der Waals surface area contributed by atoms with Crippen molar-refractivity contribution in [1.29, 1.82) is 0 Å². The van der Waals surface area contributed by atoms with Gasteiger partial charge in [-0.05, 0) is 36.8 Å². The molecular weight excluding hydrogens is 312 g/mol. The molecule has 0 aliphatic carbocycles. The van der Waals surface area contributed by atoms with Gasteiger partial charge in [-0.2, -0.15) is 0 Å². The Kier molecular flexibility index (Phi) is 4.77. The minimum atomic E-state index is -4.09. The van der Waals surface area contributed by atoms with E-state index in [9.17, 15) is 17.2 Å². The Hall–Kier alpha value is -1.99. The van der Waals surface area contributed by atoms with E-state index in [1.807, 2.05) is 0 Å². The number of rotatable bonds is 5. The molecule has 0 saturated heterocycles. The quantitative estimate of drug-likeness (QED) is 0.918. The Morgan fingerprint density at radius 2 is 1.73 bits per heavy atom. The van der Waals surface area contributed by atoms with E-state index in [-0.39, 0.29) is 0 Å². The molecule has 0 bridgehead atoms. The highest BCUT2D eigenvalue weighted by molar-refractivity contribution is 7.89. The van der Waals surface area contributed by atoms with Crippen LogP contribution in [-0.4, -0.2) is 15.5 Å². The summed E-state index contributed by atoms with van der Waals surface area (Å²) in [6.07, 6.45) is 0. The average molecular weight is 327 g/mol. The topological polar surface area (TPSA) is 55.4 Å². The Morgan fingerprint density at radius 3 is 2.27 bits per heavy atom. The normalized spacial score (nSPS) is 12.9. The van der Waals surface area contributed by atoms with Gasteiger partial charge >= 0.3 is 0 Å². The molecule has 4 nitrogen and oxygen atoms in total. The van der Waals surface area contributed by atoms with Gasteiger partial charge in [0.25, 0.3) is 0 Å². The number of ether oxygens (including phenoxy) is 1. The van der Waals surface area contributed by atoms with Crippen molar-refractivity contribution in [3.8, 4) is 5.75 Å². The fourth-order valence-electron chi connectivity index (χ4n) is 1.95. The third-order valence-electron chi connectivity index (χ3n) is 3.13. The van der Waals surface area contributed by atoms with E-state index < -0.39 is 32.6 Å². The number of halogens is 2. The van der Waals surface area contributed by atoms with Gasteiger partial charge < -0.3 is 4.74 Å². The highest BCUT2D eigenvalue weighted by atomic mass is 32.2. The van der Waals surface area contributed by atoms with Gasteiger partial charge in [0.15, 0.2) is 0 Å². The molecule has 0 aromatic heterocycles. The van der Waals surface area contributed by atoms with Gasteiger partial charge in [-0.25, -0.2) is 21.9 Å². The zero-order valence-electron chi connectivity index (χ0n) is 12.0. The number of hydrogen-bond donors (Lipinski definition) is 1. The number of hydrogen-bond acceptors (Lipinski definition) is 3. The molecule has 0 spiro atoms. The van der Waals surface area contributed by atoms with Crippen molar-refractivity contribution in [2.24, 2.45) is 0 Å². The van der Waals surface area contributed by atoms with E-state index in [4.69, 9.17) is 4.74 Å². The monoisotopic (exact) mass is 327 g/mol. The van der Waals surface area contributed by atoms with Gasteiger partial charge in [-0.1, -0.05) is 12.1 Å². The summed E-state index contributed by atoms with van der Waals surface area (Å²) in [6, 6.07) is 8.54. The van der Waals surface area contributed by atoms with Crippen LogP contribution in [0.1, 0.15) is 18.5 Å². The molecule has 2 aromatic carbocycles. The molecule has 2 aromatic rings. The van der Waals surface area contributed by atoms with E-state index in [0.717, 1.165) is 12.1 Å². The summed E-state index contributed by atoms with van der Waals surface area (Å²) in [5.41, 5.74) is 0.687. The Bertz CT molecular complexity index is 761. The van der Waals surface area contributed by atoms with Crippen molar-refractivity contribution in [2.45, 2.75) is 17.9 Å². The maximum absolute atomic E-state index is 13.6. The number of sulfonamides is 1. The number of benzene rings is 2. The lowest BCUT2D eigenvalue weighted by Crippen LogP contribution is -2.27. The summed E-state index contributed by atoms with van der Waals surface area (Å²) in [5.74, 6) is -1.32. The zero-order chi connectivity index (χ0) is 16.3. The molecule has 0 fully saturated rings. The molecule has 7 heteroatoms. The lowest BCUT2D eigenvalue weighted by Gasteiger charge is -2.15. The van der Waals surface area contributed by atoms with Crippen LogP contribution in [0.15, 0.2) is 47.4 Å². The number of methoxy groups -OCH3 is 1. The first-order valence-electron chi connectivity index (χ1n) is 6.45. The van der Waals surface area contributed by atoms with Crippen molar-refractivity contribution in [1.82, 2.24) is 4.72 Å². The average Bonchev–Trinajstić information content (AvgIpc) is 2.46. The van der Waals surface area contributed by atoms with E-state index in [2.05, 4.69) is 4.72 Å². The minimum Gasteiger partial charge on any atom is -0.497 e. The van der Waals surface area contributed by atoms with Crippen LogP contribution < -0.4 is 9.46 Å². The molecule has 0 heterocycles. The van der Waals surface area contributed by atoms with Crippen molar-refractivity contribution in [2.75, 3.05) is 7.11 Å². The minimum absolute atomic E-state index is 0.534. The predicted molar refractivity (Wildman–Crippen MR) is 78.1 cm³/mol. The van der Waals surface area contributed by atoms with Crippen molar-refractivity contribution < 1.29 is 21.9 Å². The fourth-order valence-corrected chi connectivity index (χ4v) is 3.24. The zero-order valence-corrected chi connectivity index (χ0v) is 12.8. The molecule has 0 amide bonds. The second-order valence-corrected chi connectivity index (χ2v) is 6.37. The highest BCUT2D eigenvalue weighted by Gasteiger charge is 2.22. The molecule has 0 radical (unpaired) electrons. The van der Waals surface area contributed by atoms with Crippen LogP contribution in [0.25, 0.3) is 0 Å². The maximum atomic E-state index is 13.6. The third-order valence-corrected chi connectivity index (χ3v) is 4.71. The first-order chi connectivity index (χ1) is 10.3. The summed E-state index contributed by atoms with van der Waals surface area (Å²) in [4.78, 5) is -0.589. The van der Waals surface area contributed by atoms with E-state index in [1.54, 1.807) is 31.2 Å².